The first-order chi connectivity index (χ1) is 15.7. The quantitative estimate of drug-likeness (QED) is 0.482. The van der Waals surface area contributed by atoms with Crippen LogP contribution in [0.3, 0.4) is 0 Å². The predicted molar refractivity (Wildman–Crippen MR) is 130 cm³/mol. The molecule has 1 aromatic carbocycles. The van der Waals surface area contributed by atoms with Gasteiger partial charge in [0.2, 0.25) is 11.8 Å². The number of hydrogen-bond donors (Lipinski definition) is 2. The lowest BCUT2D eigenvalue weighted by Gasteiger charge is -2.18. The van der Waals surface area contributed by atoms with Crippen LogP contribution >= 0.6 is 0 Å². The molecule has 5 rings (SSSR count). The maximum Gasteiger partial charge on any atom is 0.278 e. The fraction of sp³-hybridized carbons (Fsp3) is 0.400. The highest BCUT2D eigenvalue weighted by Gasteiger charge is 2.24. The van der Waals surface area contributed by atoms with Gasteiger partial charge in [0.25, 0.3) is 5.56 Å². The largest absolute Gasteiger partial charge is 0.443 e. The van der Waals surface area contributed by atoms with E-state index in [1.165, 1.54) is 11.1 Å². The minimum atomic E-state index is -0.145. The van der Waals surface area contributed by atoms with Gasteiger partial charge >= 0.3 is 0 Å². The van der Waals surface area contributed by atoms with Gasteiger partial charge in [0.05, 0.1) is 0 Å². The zero-order valence-electron chi connectivity index (χ0n) is 19.8. The molecule has 1 aliphatic rings. The summed E-state index contributed by atoms with van der Waals surface area (Å²) in [5.41, 5.74) is 3.81. The van der Waals surface area contributed by atoms with E-state index in [0.29, 0.717) is 22.9 Å². The lowest BCUT2D eigenvalue weighted by atomic mass is 9.94. The minimum Gasteiger partial charge on any atom is -0.443 e. The molecule has 0 radical (unpaired) electrons. The molecular formula is C25H30N6O2. The van der Waals surface area contributed by atoms with Gasteiger partial charge in [-0.1, -0.05) is 26.8 Å². The van der Waals surface area contributed by atoms with E-state index in [2.05, 4.69) is 48.5 Å². The van der Waals surface area contributed by atoms with E-state index >= 15 is 0 Å². The van der Waals surface area contributed by atoms with Crippen molar-refractivity contribution in [2.24, 2.45) is 0 Å². The average molecular weight is 447 g/mol. The monoisotopic (exact) mass is 446 g/mol. The summed E-state index contributed by atoms with van der Waals surface area (Å²) in [6, 6.07) is 10.1. The van der Waals surface area contributed by atoms with Crippen LogP contribution in [0, 0.1) is 0 Å². The number of benzene rings is 1. The van der Waals surface area contributed by atoms with Crippen LogP contribution in [-0.4, -0.2) is 25.9 Å². The Morgan fingerprint density at radius 1 is 1.15 bits per heavy atom. The van der Waals surface area contributed by atoms with Crippen molar-refractivity contribution in [3.05, 3.63) is 63.8 Å². The summed E-state index contributed by atoms with van der Waals surface area (Å²) in [5.74, 6) is 1.85. The smallest absolute Gasteiger partial charge is 0.278 e. The first kappa shape index (κ1) is 21.5. The molecule has 0 bridgehead atoms. The number of fused-ring (bicyclic) bond motifs is 2. The van der Waals surface area contributed by atoms with Crippen molar-refractivity contribution in [1.29, 1.82) is 0 Å². The van der Waals surface area contributed by atoms with E-state index in [1.807, 2.05) is 32.0 Å². The molecule has 8 nitrogen and oxygen atoms in total. The molecular weight excluding hydrogens is 416 g/mol. The van der Waals surface area contributed by atoms with Gasteiger partial charge in [-0.25, -0.2) is 9.67 Å². The summed E-state index contributed by atoms with van der Waals surface area (Å²) < 4.78 is 9.62. The number of aromatic nitrogens is 4. The summed E-state index contributed by atoms with van der Waals surface area (Å²) >= 11 is 0. The number of furan rings is 1. The second kappa shape index (κ2) is 7.88. The summed E-state index contributed by atoms with van der Waals surface area (Å²) in [6.45, 7) is 12.1. The normalized spacial score (nSPS) is 14.1. The zero-order valence-corrected chi connectivity index (χ0v) is 19.8. The molecule has 0 spiro atoms. The Hall–Kier alpha value is -3.39. The van der Waals surface area contributed by atoms with E-state index < -0.39 is 0 Å². The summed E-state index contributed by atoms with van der Waals surface area (Å²) in [6.07, 6.45) is 2.59. The molecule has 2 N–H and O–H groups in total. The van der Waals surface area contributed by atoms with E-state index in [4.69, 9.17) is 9.40 Å². The Bertz CT molecular complexity index is 1390. The highest BCUT2D eigenvalue weighted by Crippen LogP contribution is 2.28. The van der Waals surface area contributed by atoms with E-state index in [1.54, 1.807) is 15.6 Å². The number of nitrogens with zero attached hydrogens (tertiary/aromatic N) is 4. The number of rotatable bonds is 4. The Morgan fingerprint density at radius 2 is 1.97 bits per heavy atom. The third kappa shape index (κ3) is 3.84. The second-order valence-corrected chi connectivity index (χ2v) is 9.91. The molecule has 0 aliphatic carbocycles. The minimum absolute atomic E-state index is 0.0828. The van der Waals surface area contributed by atoms with E-state index in [-0.39, 0.29) is 17.0 Å². The summed E-state index contributed by atoms with van der Waals surface area (Å²) in [4.78, 5) is 22.4. The first-order valence-corrected chi connectivity index (χ1v) is 11.4. The topological polar surface area (TPSA) is 89.9 Å². The Morgan fingerprint density at radius 3 is 2.70 bits per heavy atom. The fourth-order valence-electron chi connectivity index (χ4n) is 4.27. The van der Waals surface area contributed by atoms with Crippen LogP contribution in [0.1, 0.15) is 57.5 Å². The molecule has 0 unspecified atom stereocenters. The molecule has 0 amide bonds. The van der Waals surface area contributed by atoms with Gasteiger partial charge in [-0.3, -0.25) is 4.79 Å². The fourth-order valence-corrected chi connectivity index (χ4v) is 4.27. The van der Waals surface area contributed by atoms with Crippen molar-refractivity contribution in [2.75, 3.05) is 11.9 Å². The van der Waals surface area contributed by atoms with Crippen molar-refractivity contribution < 1.29 is 4.42 Å². The summed E-state index contributed by atoms with van der Waals surface area (Å²) in [7, 11) is 0. The van der Waals surface area contributed by atoms with Gasteiger partial charge < -0.3 is 15.1 Å². The molecule has 0 fully saturated rings. The third-order valence-corrected chi connectivity index (χ3v) is 6.00. The van der Waals surface area contributed by atoms with Crippen molar-refractivity contribution in [3.63, 3.8) is 0 Å². The van der Waals surface area contributed by atoms with Gasteiger partial charge in [0.1, 0.15) is 11.1 Å². The molecule has 172 valence electrons. The van der Waals surface area contributed by atoms with Crippen LogP contribution in [0.25, 0.3) is 16.9 Å². The van der Waals surface area contributed by atoms with Gasteiger partial charge in [0, 0.05) is 36.0 Å². The number of hydrogen-bond acceptors (Lipinski definition) is 6. The van der Waals surface area contributed by atoms with Gasteiger partial charge in [-0.2, -0.15) is 9.67 Å². The molecule has 0 atom stereocenters. The van der Waals surface area contributed by atoms with Crippen LogP contribution in [0.5, 0.6) is 0 Å². The molecule has 4 aromatic rings. The average Bonchev–Trinajstić information content (AvgIpc) is 3.37. The summed E-state index contributed by atoms with van der Waals surface area (Å²) in [5, 5.41) is 7.16. The molecule has 0 saturated carbocycles. The highest BCUT2D eigenvalue weighted by atomic mass is 16.4. The van der Waals surface area contributed by atoms with Gasteiger partial charge in [-0.05, 0) is 56.1 Å². The predicted octanol–water partition coefficient (Wildman–Crippen LogP) is 4.44. The van der Waals surface area contributed by atoms with Crippen LogP contribution < -0.4 is 16.2 Å². The van der Waals surface area contributed by atoms with E-state index in [9.17, 15) is 4.79 Å². The maximum absolute atomic E-state index is 13.2. The van der Waals surface area contributed by atoms with Crippen LogP contribution in [0.2, 0.25) is 0 Å². The highest BCUT2D eigenvalue weighted by molar-refractivity contribution is 5.77. The molecule has 3 aromatic heterocycles. The molecule has 4 heterocycles. The number of anilines is 2. The van der Waals surface area contributed by atoms with Crippen LogP contribution in [0.4, 0.5) is 11.6 Å². The van der Waals surface area contributed by atoms with Crippen LogP contribution in [-0.2, 0) is 18.4 Å². The molecule has 33 heavy (non-hydrogen) atoms. The van der Waals surface area contributed by atoms with Gasteiger partial charge in [-0.15, -0.1) is 0 Å². The van der Waals surface area contributed by atoms with Crippen molar-refractivity contribution in [2.45, 2.75) is 59.0 Å². The van der Waals surface area contributed by atoms with E-state index in [0.717, 1.165) is 31.0 Å². The standard InChI is InChI=1S/C25H30N6O2/c1-15(2)30-23(32)19-14-27-24(28-18-7-6-17-13-26-11-10-16(17)12-18)29-22(19)31(30)21-9-8-20(33-21)25(3,4)5/h6-9,12,14-15,26H,10-11,13H2,1-5H3,(H,27,28,29). The van der Waals surface area contributed by atoms with Crippen molar-refractivity contribution in [3.8, 4) is 5.88 Å². The SMILES string of the molecule is CC(C)n1c(=O)c2cnc(Nc3ccc4c(c3)CCNC4)nc2n1-c1ccc(C(C)(C)C)o1. The lowest BCUT2D eigenvalue weighted by Crippen LogP contribution is -2.24. The first-order valence-electron chi connectivity index (χ1n) is 11.4. The van der Waals surface area contributed by atoms with Crippen LogP contribution in [0.15, 0.2) is 45.7 Å². The third-order valence-electron chi connectivity index (χ3n) is 6.00. The lowest BCUT2D eigenvalue weighted by molar-refractivity contribution is 0.372. The second-order valence-electron chi connectivity index (χ2n) is 9.91. The van der Waals surface area contributed by atoms with Gasteiger partial charge in [0.15, 0.2) is 5.65 Å². The Kier molecular flexibility index (Phi) is 5.12. The van der Waals surface area contributed by atoms with Crippen molar-refractivity contribution in [1.82, 2.24) is 24.6 Å². The molecule has 0 saturated heterocycles. The zero-order chi connectivity index (χ0) is 23.3. The molecule has 8 heteroatoms. The number of nitrogens with one attached hydrogen (secondary N) is 2. The molecule has 1 aliphatic heterocycles. The Balaban J connectivity index is 1.61. The maximum atomic E-state index is 13.2. The van der Waals surface area contributed by atoms with Crippen molar-refractivity contribution >= 4 is 22.7 Å². The Labute approximate surface area is 192 Å².